The normalized spacial score (nSPS) is 11.3. The van der Waals surface area contributed by atoms with E-state index in [4.69, 9.17) is 9.84 Å². The Bertz CT molecular complexity index is 1370. The van der Waals surface area contributed by atoms with Gasteiger partial charge in [-0.15, -0.1) is 28.4 Å². The number of hydroxylamine groups is 1. The third-order valence-corrected chi connectivity index (χ3v) is 4.18. The van der Waals surface area contributed by atoms with Gasteiger partial charge < -0.3 is 9.84 Å². The Balaban J connectivity index is 1.64. The van der Waals surface area contributed by atoms with Crippen LogP contribution in [-0.4, -0.2) is 43.5 Å². The van der Waals surface area contributed by atoms with Crippen LogP contribution >= 0.6 is 0 Å². The van der Waals surface area contributed by atoms with Gasteiger partial charge in [0.25, 0.3) is 11.9 Å². The Morgan fingerprint density at radius 3 is 2.35 bits per heavy atom. The molecule has 10 nitrogen and oxygen atoms in total. The fourth-order valence-electron chi connectivity index (χ4n) is 2.76. The maximum absolute atomic E-state index is 13.0. The highest BCUT2D eigenvalue weighted by Crippen LogP contribution is 2.27. The van der Waals surface area contributed by atoms with Crippen LogP contribution in [0.15, 0.2) is 66.9 Å². The van der Waals surface area contributed by atoms with Crippen LogP contribution in [0.1, 0.15) is 20.8 Å². The molecule has 0 fully saturated rings. The molecule has 4 rings (SSSR count). The first-order valence-electron chi connectivity index (χ1n) is 9.37. The van der Waals surface area contributed by atoms with Gasteiger partial charge in [-0.1, -0.05) is 18.2 Å². The summed E-state index contributed by atoms with van der Waals surface area (Å²) in [7, 11) is 0. The number of hydrogen-bond donors (Lipinski definition) is 1. The van der Waals surface area contributed by atoms with Crippen LogP contribution < -0.4 is 9.80 Å². The molecule has 34 heavy (non-hydrogen) atoms. The van der Waals surface area contributed by atoms with Gasteiger partial charge in [0.15, 0.2) is 5.69 Å². The number of halogens is 3. The first-order valence-corrected chi connectivity index (χ1v) is 9.37. The minimum absolute atomic E-state index is 0.0859. The number of carbonyl (C=O) groups is 2. The van der Waals surface area contributed by atoms with Gasteiger partial charge in [-0.2, -0.15) is 4.84 Å². The second-order valence-corrected chi connectivity index (χ2v) is 6.55. The first kappa shape index (κ1) is 22.5. The molecule has 2 aromatic heterocycles. The number of rotatable bonds is 6. The van der Waals surface area contributed by atoms with Crippen molar-refractivity contribution in [2.24, 2.45) is 0 Å². The van der Waals surface area contributed by atoms with Gasteiger partial charge in [-0.05, 0) is 30.3 Å². The maximum atomic E-state index is 13.0. The standard InChI is InChI=1S/C21H12F3N5O5/c22-21(23,24)34-29(18(30)12-4-2-1-3-5-12)20-26-15-7-6-13(10-16(15)27-28-20)33-14-8-9-25-17(11-14)19(31)32/h1-11H,(H,31,32). The summed E-state index contributed by atoms with van der Waals surface area (Å²) in [6.07, 6.45) is -3.94. The Kier molecular flexibility index (Phi) is 6.01. The van der Waals surface area contributed by atoms with E-state index in [0.29, 0.717) is 0 Å². The van der Waals surface area contributed by atoms with E-state index in [1.54, 1.807) is 6.07 Å². The lowest BCUT2D eigenvalue weighted by Gasteiger charge is -2.20. The van der Waals surface area contributed by atoms with Gasteiger partial charge >= 0.3 is 12.3 Å². The molecule has 0 unspecified atom stereocenters. The van der Waals surface area contributed by atoms with E-state index < -0.39 is 24.2 Å². The van der Waals surface area contributed by atoms with Crippen molar-refractivity contribution in [2.45, 2.75) is 6.36 Å². The lowest BCUT2D eigenvalue weighted by molar-refractivity contribution is -0.325. The molecule has 2 heterocycles. The van der Waals surface area contributed by atoms with Crippen molar-refractivity contribution in [1.29, 1.82) is 0 Å². The van der Waals surface area contributed by atoms with Gasteiger partial charge in [-0.3, -0.25) is 4.79 Å². The average Bonchev–Trinajstić information content (AvgIpc) is 2.82. The molecule has 0 aliphatic rings. The van der Waals surface area contributed by atoms with E-state index in [-0.39, 0.29) is 38.9 Å². The van der Waals surface area contributed by atoms with Crippen LogP contribution in [-0.2, 0) is 4.84 Å². The molecule has 13 heteroatoms. The number of anilines is 1. The summed E-state index contributed by atoms with van der Waals surface area (Å²) in [6.45, 7) is 0. The van der Waals surface area contributed by atoms with Crippen LogP contribution in [0.2, 0.25) is 0 Å². The van der Waals surface area contributed by atoms with Gasteiger partial charge in [0.05, 0.1) is 5.52 Å². The Hall–Kier alpha value is -4.65. The molecule has 0 atom stereocenters. The summed E-state index contributed by atoms with van der Waals surface area (Å²) >= 11 is 0. The van der Waals surface area contributed by atoms with E-state index in [1.807, 2.05) is 0 Å². The number of hydrogen-bond acceptors (Lipinski definition) is 8. The van der Waals surface area contributed by atoms with E-state index in [1.165, 1.54) is 60.8 Å². The van der Waals surface area contributed by atoms with Crippen LogP contribution in [0.25, 0.3) is 11.0 Å². The molecular formula is C21H12F3N5O5. The zero-order valence-corrected chi connectivity index (χ0v) is 16.8. The second-order valence-electron chi connectivity index (χ2n) is 6.55. The number of carbonyl (C=O) groups excluding carboxylic acids is 1. The Morgan fingerprint density at radius 2 is 1.65 bits per heavy atom. The van der Waals surface area contributed by atoms with E-state index in [0.717, 1.165) is 0 Å². The predicted octanol–water partition coefficient (Wildman–Crippen LogP) is 4.01. The number of aromatic carboxylic acids is 1. The van der Waals surface area contributed by atoms with Crippen molar-refractivity contribution >= 4 is 28.9 Å². The molecule has 172 valence electrons. The average molecular weight is 471 g/mol. The molecule has 1 amide bonds. The van der Waals surface area contributed by atoms with Crippen molar-refractivity contribution in [3.05, 3.63) is 78.1 Å². The summed E-state index contributed by atoms with van der Waals surface area (Å²) in [5.74, 6) is -2.70. The summed E-state index contributed by atoms with van der Waals surface area (Å²) in [4.78, 5) is 35.2. The fourth-order valence-corrected chi connectivity index (χ4v) is 2.76. The second kappa shape index (κ2) is 9.07. The number of ether oxygens (including phenoxy) is 1. The van der Waals surface area contributed by atoms with Crippen molar-refractivity contribution < 1.29 is 37.4 Å². The van der Waals surface area contributed by atoms with Crippen molar-refractivity contribution in [1.82, 2.24) is 20.2 Å². The van der Waals surface area contributed by atoms with Gasteiger partial charge in [0, 0.05) is 23.9 Å². The molecule has 0 aliphatic heterocycles. The highest BCUT2D eigenvalue weighted by atomic mass is 19.4. The third kappa shape index (κ3) is 5.21. The van der Waals surface area contributed by atoms with Crippen molar-refractivity contribution in [3.63, 3.8) is 0 Å². The Morgan fingerprint density at radius 1 is 0.912 bits per heavy atom. The number of benzene rings is 2. The summed E-state index contributed by atoms with van der Waals surface area (Å²) in [5, 5.41) is 16.3. The van der Waals surface area contributed by atoms with Crippen LogP contribution in [0, 0.1) is 0 Å². The molecule has 4 aromatic rings. The molecule has 1 N–H and O–H groups in total. The number of pyridine rings is 1. The number of aromatic nitrogens is 4. The summed E-state index contributed by atoms with van der Waals surface area (Å²) in [5.41, 5.74) is -0.0858. The SMILES string of the molecule is O=C(O)c1cc(Oc2ccc3nc(N(OC(F)(F)F)C(=O)c4ccccc4)nnc3c2)ccn1. The quantitative estimate of drug-likeness (QED) is 0.415. The molecule has 0 saturated carbocycles. The topological polar surface area (TPSA) is 128 Å². The number of nitrogens with zero attached hydrogens (tertiary/aromatic N) is 5. The monoisotopic (exact) mass is 471 g/mol. The van der Waals surface area contributed by atoms with Crippen LogP contribution in [0.4, 0.5) is 19.1 Å². The number of fused-ring (bicyclic) bond motifs is 1. The highest BCUT2D eigenvalue weighted by Gasteiger charge is 2.38. The van der Waals surface area contributed by atoms with E-state index in [9.17, 15) is 22.8 Å². The molecule has 0 saturated heterocycles. The van der Waals surface area contributed by atoms with Crippen LogP contribution in [0.5, 0.6) is 11.5 Å². The lowest BCUT2D eigenvalue weighted by Crippen LogP contribution is -2.38. The Labute approximate surface area is 188 Å². The minimum atomic E-state index is -5.19. The first-order chi connectivity index (χ1) is 16.2. The van der Waals surface area contributed by atoms with Crippen molar-refractivity contribution in [3.8, 4) is 11.5 Å². The van der Waals surface area contributed by atoms with Gasteiger partial charge in [-0.25, -0.2) is 14.8 Å². The molecule has 2 aromatic carbocycles. The molecular weight excluding hydrogens is 459 g/mol. The molecule has 0 spiro atoms. The fraction of sp³-hybridized carbons (Fsp3) is 0.0476. The van der Waals surface area contributed by atoms with E-state index >= 15 is 0 Å². The molecule has 0 radical (unpaired) electrons. The zero-order chi connectivity index (χ0) is 24.3. The number of amides is 1. The largest absolute Gasteiger partial charge is 0.544 e. The number of alkyl halides is 3. The van der Waals surface area contributed by atoms with Crippen LogP contribution in [0.3, 0.4) is 0 Å². The zero-order valence-electron chi connectivity index (χ0n) is 16.8. The lowest BCUT2D eigenvalue weighted by atomic mass is 10.2. The third-order valence-electron chi connectivity index (χ3n) is 4.18. The number of carboxylic acid groups (broad SMARTS) is 1. The maximum Gasteiger partial charge on any atom is 0.544 e. The summed E-state index contributed by atoms with van der Waals surface area (Å²) in [6, 6.07) is 14.0. The highest BCUT2D eigenvalue weighted by molar-refractivity contribution is 6.03. The smallest absolute Gasteiger partial charge is 0.477 e. The van der Waals surface area contributed by atoms with E-state index in [2.05, 4.69) is 25.0 Å². The summed E-state index contributed by atoms with van der Waals surface area (Å²) < 4.78 is 44.5. The minimum Gasteiger partial charge on any atom is -0.477 e. The van der Waals surface area contributed by atoms with Crippen molar-refractivity contribution in [2.75, 3.05) is 5.06 Å². The molecule has 0 aliphatic carbocycles. The van der Waals surface area contributed by atoms with Gasteiger partial charge in [0.2, 0.25) is 0 Å². The van der Waals surface area contributed by atoms with Gasteiger partial charge in [0.1, 0.15) is 17.0 Å². The predicted molar refractivity (Wildman–Crippen MR) is 109 cm³/mol. The molecule has 0 bridgehead atoms. The number of carboxylic acids is 1.